The zero-order valence-electron chi connectivity index (χ0n) is 12.6. The van der Waals surface area contributed by atoms with Crippen molar-refractivity contribution in [1.82, 2.24) is 5.32 Å². The Hall–Kier alpha value is -0.770. The molecule has 2 rings (SSSR count). The van der Waals surface area contributed by atoms with Gasteiger partial charge < -0.3 is 10.6 Å². The van der Waals surface area contributed by atoms with Gasteiger partial charge in [0.1, 0.15) is 0 Å². The highest BCUT2D eigenvalue weighted by Crippen LogP contribution is 2.37. The molecule has 1 aliphatic rings. The molecule has 1 aromatic rings. The monoisotopic (exact) mass is 328 g/mol. The van der Waals surface area contributed by atoms with Gasteiger partial charge in [-0.3, -0.25) is 4.79 Å². The largest absolute Gasteiger partial charge is 0.324 e. The van der Waals surface area contributed by atoms with Crippen LogP contribution in [0.25, 0.3) is 0 Å². The molecule has 21 heavy (non-hydrogen) atoms. The molecule has 0 radical (unpaired) electrons. The molecule has 1 fully saturated rings. The summed E-state index contributed by atoms with van der Waals surface area (Å²) in [5.41, 5.74) is 1.22. The molecule has 0 bridgehead atoms. The summed E-state index contributed by atoms with van der Waals surface area (Å²) in [6, 6.07) is 3.52. The number of halogens is 2. The van der Waals surface area contributed by atoms with Gasteiger partial charge in [0.2, 0.25) is 5.91 Å². The van der Waals surface area contributed by atoms with E-state index >= 15 is 0 Å². The zero-order chi connectivity index (χ0) is 15.5. The lowest BCUT2D eigenvalue weighted by molar-refractivity contribution is -0.127. The van der Waals surface area contributed by atoms with Gasteiger partial charge in [-0.25, -0.2) is 0 Å². The number of rotatable bonds is 4. The molecule has 3 nitrogen and oxygen atoms in total. The predicted octanol–water partition coefficient (Wildman–Crippen LogP) is 4.41. The minimum Gasteiger partial charge on any atom is -0.324 e. The molecule has 1 saturated heterocycles. The third-order valence-electron chi connectivity index (χ3n) is 4.27. The molecule has 0 aromatic heterocycles. The lowest BCUT2D eigenvalue weighted by Crippen LogP contribution is -2.44. The first-order chi connectivity index (χ1) is 9.98. The first-order valence-electron chi connectivity index (χ1n) is 7.46. The fourth-order valence-corrected chi connectivity index (χ4v) is 3.40. The van der Waals surface area contributed by atoms with Crippen molar-refractivity contribution in [2.45, 2.75) is 39.5 Å². The smallest absolute Gasteiger partial charge is 0.230 e. The average molecular weight is 329 g/mol. The highest BCUT2D eigenvalue weighted by molar-refractivity contribution is 6.36. The van der Waals surface area contributed by atoms with Crippen molar-refractivity contribution in [2.75, 3.05) is 18.4 Å². The number of anilines is 1. The van der Waals surface area contributed by atoms with E-state index in [9.17, 15) is 4.79 Å². The van der Waals surface area contributed by atoms with E-state index in [0.29, 0.717) is 15.7 Å². The Labute approximate surface area is 136 Å². The van der Waals surface area contributed by atoms with Crippen LogP contribution in [0.3, 0.4) is 0 Å². The highest BCUT2D eigenvalue weighted by Gasteiger charge is 2.38. The van der Waals surface area contributed by atoms with E-state index < -0.39 is 0 Å². The van der Waals surface area contributed by atoms with Gasteiger partial charge in [-0.15, -0.1) is 0 Å². The van der Waals surface area contributed by atoms with Crippen molar-refractivity contribution in [3.63, 3.8) is 0 Å². The molecule has 1 aromatic carbocycles. The summed E-state index contributed by atoms with van der Waals surface area (Å²) in [7, 11) is 0. The number of aryl methyl sites for hydroxylation is 1. The maximum Gasteiger partial charge on any atom is 0.230 e. The Balaban J connectivity index is 2.21. The summed E-state index contributed by atoms with van der Waals surface area (Å²) >= 11 is 12.4. The summed E-state index contributed by atoms with van der Waals surface area (Å²) in [6.07, 6.45) is 3.63. The first kappa shape index (κ1) is 16.6. The lowest BCUT2D eigenvalue weighted by Gasteiger charge is -2.36. The van der Waals surface area contributed by atoms with Gasteiger partial charge in [0.25, 0.3) is 0 Å². The van der Waals surface area contributed by atoms with Gasteiger partial charge in [0, 0.05) is 5.02 Å². The van der Waals surface area contributed by atoms with Crippen LogP contribution < -0.4 is 10.6 Å². The fourth-order valence-electron chi connectivity index (χ4n) is 2.97. The molecule has 0 spiro atoms. The number of carbonyl (C=O) groups is 1. The topological polar surface area (TPSA) is 41.1 Å². The Morgan fingerprint density at radius 3 is 2.57 bits per heavy atom. The quantitative estimate of drug-likeness (QED) is 0.859. The number of hydrogen-bond donors (Lipinski definition) is 2. The molecule has 0 saturated carbocycles. The molecule has 0 aliphatic carbocycles. The van der Waals surface area contributed by atoms with Gasteiger partial charge in [0.15, 0.2) is 0 Å². The third kappa shape index (κ3) is 3.71. The second-order valence-corrected chi connectivity index (χ2v) is 6.63. The van der Waals surface area contributed by atoms with Crippen molar-refractivity contribution < 1.29 is 4.79 Å². The predicted molar refractivity (Wildman–Crippen MR) is 89.3 cm³/mol. The first-order valence-corrected chi connectivity index (χ1v) is 8.22. The van der Waals surface area contributed by atoms with Crippen LogP contribution in [0.4, 0.5) is 5.69 Å². The van der Waals surface area contributed by atoms with Crippen LogP contribution in [0.1, 0.15) is 38.2 Å². The maximum absolute atomic E-state index is 12.8. The van der Waals surface area contributed by atoms with Gasteiger partial charge in [-0.05, 0) is 57.0 Å². The molecule has 0 atom stereocenters. The van der Waals surface area contributed by atoms with Crippen LogP contribution in [0.2, 0.25) is 10.0 Å². The van der Waals surface area contributed by atoms with E-state index in [2.05, 4.69) is 17.6 Å². The molecule has 1 heterocycles. The normalized spacial score (nSPS) is 17.5. The number of benzene rings is 1. The standard InChI is InChI=1S/C16H22Cl2N2O/c1-3-4-16(5-7-19-8-6-16)15(21)20-14-10-12(17)11(2)9-13(14)18/h9-10,19H,3-8H2,1-2H3,(H,20,21). The fraction of sp³-hybridized carbons (Fsp3) is 0.562. The second kappa shape index (κ2) is 6.99. The molecular formula is C16H22Cl2N2O. The minimum atomic E-state index is -0.291. The van der Waals surface area contributed by atoms with Crippen LogP contribution in [0.5, 0.6) is 0 Å². The number of hydrogen-bond acceptors (Lipinski definition) is 2. The molecule has 1 amide bonds. The summed E-state index contributed by atoms with van der Waals surface area (Å²) in [5, 5.41) is 7.46. The average Bonchev–Trinajstić information content (AvgIpc) is 2.46. The van der Waals surface area contributed by atoms with Crippen LogP contribution in [-0.4, -0.2) is 19.0 Å². The Kier molecular flexibility index (Phi) is 5.53. The Bertz CT molecular complexity index is 520. The van der Waals surface area contributed by atoms with Gasteiger partial charge in [-0.1, -0.05) is 36.5 Å². The van der Waals surface area contributed by atoms with Crippen molar-refractivity contribution in [2.24, 2.45) is 5.41 Å². The highest BCUT2D eigenvalue weighted by atomic mass is 35.5. The van der Waals surface area contributed by atoms with Crippen molar-refractivity contribution >= 4 is 34.8 Å². The van der Waals surface area contributed by atoms with Gasteiger partial charge in [0.05, 0.1) is 16.1 Å². The number of carbonyl (C=O) groups excluding carboxylic acids is 1. The maximum atomic E-state index is 12.8. The van der Waals surface area contributed by atoms with Crippen LogP contribution in [-0.2, 0) is 4.79 Å². The van der Waals surface area contributed by atoms with E-state index in [1.807, 2.05) is 6.92 Å². The number of amides is 1. The second-order valence-electron chi connectivity index (χ2n) is 5.82. The SMILES string of the molecule is CCCC1(C(=O)Nc2cc(Cl)c(C)cc2Cl)CCNCC1. The Morgan fingerprint density at radius 2 is 1.95 bits per heavy atom. The number of piperidine rings is 1. The molecule has 2 N–H and O–H groups in total. The van der Waals surface area contributed by atoms with E-state index in [4.69, 9.17) is 23.2 Å². The third-order valence-corrected chi connectivity index (χ3v) is 4.99. The molecule has 0 unspecified atom stereocenters. The van der Waals surface area contributed by atoms with Crippen molar-refractivity contribution in [3.8, 4) is 0 Å². The van der Waals surface area contributed by atoms with Crippen LogP contribution in [0, 0.1) is 12.3 Å². The van der Waals surface area contributed by atoms with E-state index in [-0.39, 0.29) is 11.3 Å². The Morgan fingerprint density at radius 1 is 1.29 bits per heavy atom. The minimum absolute atomic E-state index is 0.0627. The molecule has 1 aliphatic heterocycles. The van der Waals surface area contributed by atoms with E-state index in [0.717, 1.165) is 44.3 Å². The number of nitrogens with one attached hydrogen (secondary N) is 2. The summed E-state index contributed by atoms with van der Waals surface area (Å²) in [5.74, 6) is 0.0627. The summed E-state index contributed by atoms with van der Waals surface area (Å²) in [6.45, 7) is 5.78. The van der Waals surface area contributed by atoms with Gasteiger partial charge in [-0.2, -0.15) is 0 Å². The van der Waals surface area contributed by atoms with E-state index in [1.165, 1.54) is 0 Å². The van der Waals surface area contributed by atoms with Gasteiger partial charge >= 0.3 is 0 Å². The molecular weight excluding hydrogens is 307 g/mol. The zero-order valence-corrected chi connectivity index (χ0v) is 14.1. The molecule has 5 heteroatoms. The van der Waals surface area contributed by atoms with E-state index in [1.54, 1.807) is 12.1 Å². The lowest BCUT2D eigenvalue weighted by atomic mass is 9.74. The summed E-state index contributed by atoms with van der Waals surface area (Å²) in [4.78, 5) is 12.8. The summed E-state index contributed by atoms with van der Waals surface area (Å²) < 4.78 is 0. The van der Waals surface area contributed by atoms with Crippen molar-refractivity contribution in [3.05, 3.63) is 27.7 Å². The van der Waals surface area contributed by atoms with Crippen LogP contribution >= 0.6 is 23.2 Å². The van der Waals surface area contributed by atoms with Crippen LogP contribution in [0.15, 0.2) is 12.1 Å². The molecule has 116 valence electrons. The van der Waals surface area contributed by atoms with Crippen molar-refractivity contribution in [1.29, 1.82) is 0 Å².